The van der Waals surface area contributed by atoms with Crippen LogP contribution in [0.1, 0.15) is 43.6 Å². The summed E-state index contributed by atoms with van der Waals surface area (Å²) in [5.74, 6) is -0.0816. The monoisotopic (exact) mass is 490 g/mol. The van der Waals surface area contributed by atoms with Gasteiger partial charge in [-0.25, -0.2) is 0 Å². The second-order valence-corrected chi connectivity index (χ2v) is 10.0. The Labute approximate surface area is 214 Å². The molecule has 36 heavy (non-hydrogen) atoms. The first-order valence-electron chi connectivity index (χ1n) is 12.5. The minimum atomic E-state index is -0.897. The van der Waals surface area contributed by atoms with Gasteiger partial charge in [-0.05, 0) is 49.6 Å². The Morgan fingerprint density at radius 3 is 1.89 bits per heavy atom. The molecule has 0 aliphatic carbocycles. The average Bonchev–Trinajstić information content (AvgIpc) is 3.20. The molecule has 0 saturated carbocycles. The molecule has 0 radical (unpaired) electrons. The highest BCUT2D eigenvalue weighted by atomic mass is 16.8. The number of nitrogens with zero attached hydrogens (tertiary/aromatic N) is 1. The van der Waals surface area contributed by atoms with Crippen molar-refractivity contribution >= 4 is 0 Å². The van der Waals surface area contributed by atoms with E-state index in [1.165, 1.54) is 0 Å². The summed E-state index contributed by atoms with van der Waals surface area (Å²) < 4.78 is 18.0. The summed E-state index contributed by atoms with van der Waals surface area (Å²) in [6.07, 6.45) is -1.94. The predicted octanol–water partition coefficient (Wildman–Crippen LogP) is 4.67. The standard InChI is InChI=1S/C30H38N2O4/c1-21(31)26(32(19-22-11-7-5-8-12-22)20-23-13-9-6-10-14-23)27(33)29-28(35-30(2,3)36-29)24-15-17-25(34-4)18-16-24/h5-18,21,26-29,33H,19-20,31H2,1-4H3/t21?,26-,27-,28-,29+/m1/s1. The molecule has 5 atom stereocenters. The third-order valence-corrected chi connectivity index (χ3v) is 6.68. The summed E-state index contributed by atoms with van der Waals surface area (Å²) in [6, 6.07) is 27.5. The maximum atomic E-state index is 11.9. The van der Waals surface area contributed by atoms with Gasteiger partial charge in [-0.2, -0.15) is 0 Å². The first kappa shape index (κ1) is 26.3. The molecule has 3 aromatic rings. The van der Waals surface area contributed by atoms with Crippen LogP contribution in [0.2, 0.25) is 0 Å². The number of aliphatic hydroxyl groups is 1. The molecule has 1 heterocycles. The van der Waals surface area contributed by atoms with Crippen molar-refractivity contribution < 1.29 is 19.3 Å². The van der Waals surface area contributed by atoms with E-state index in [4.69, 9.17) is 19.9 Å². The Kier molecular flexibility index (Phi) is 8.44. The van der Waals surface area contributed by atoms with Crippen molar-refractivity contribution in [3.8, 4) is 5.75 Å². The highest BCUT2D eigenvalue weighted by molar-refractivity contribution is 5.30. The topological polar surface area (TPSA) is 77.2 Å². The van der Waals surface area contributed by atoms with Gasteiger partial charge in [0.2, 0.25) is 0 Å². The van der Waals surface area contributed by atoms with E-state index < -0.39 is 24.1 Å². The van der Waals surface area contributed by atoms with Crippen molar-refractivity contribution in [1.29, 1.82) is 0 Å². The number of ether oxygens (including phenoxy) is 3. The minimum absolute atomic E-state index is 0.323. The lowest BCUT2D eigenvalue weighted by Gasteiger charge is -2.40. The van der Waals surface area contributed by atoms with Gasteiger partial charge in [0.05, 0.1) is 13.2 Å². The second-order valence-electron chi connectivity index (χ2n) is 10.0. The van der Waals surface area contributed by atoms with E-state index in [2.05, 4.69) is 29.2 Å². The van der Waals surface area contributed by atoms with Crippen LogP contribution >= 0.6 is 0 Å². The molecule has 6 nitrogen and oxygen atoms in total. The zero-order valence-electron chi connectivity index (χ0n) is 21.6. The lowest BCUT2D eigenvalue weighted by Crippen LogP contribution is -2.57. The van der Waals surface area contributed by atoms with Crippen LogP contribution < -0.4 is 10.5 Å². The third kappa shape index (κ3) is 6.33. The smallest absolute Gasteiger partial charge is 0.164 e. The van der Waals surface area contributed by atoms with E-state index in [-0.39, 0.29) is 12.1 Å². The molecular weight excluding hydrogens is 452 g/mol. The van der Waals surface area contributed by atoms with Crippen LogP contribution in [0.15, 0.2) is 84.9 Å². The van der Waals surface area contributed by atoms with Gasteiger partial charge in [0, 0.05) is 19.1 Å². The van der Waals surface area contributed by atoms with E-state index in [1.54, 1.807) is 7.11 Å². The van der Waals surface area contributed by atoms with Crippen LogP contribution in [0.3, 0.4) is 0 Å². The molecule has 0 aromatic heterocycles. The SMILES string of the molecule is COc1ccc([C@H]2OC(C)(C)O[C@H]2[C@H](O)[C@@H](C(C)N)N(Cc2ccccc2)Cc2ccccc2)cc1. The molecule has 1 saturated heterocycles. The van der Waals surface area contributed by atoms with Crippen LogP contribution in [-0.2, 0) is 22.6 Å². The second kappa shape index (κ2) is 11.5. The molecular formula is C30H38N2O4. The number of hydrogen-bond acceptors (Lipinski definition) is 6. The minimum Gasteiger partial charge on any atom is -0.497 e. The van der Waals surface area contributed by atoms with Gasteiger partial charge in [-0.3, -0.25) is 4.90 Å². The van der Waals surface area contributed by atoms with Crippen molar-refractivity contribution in [2.24, 2.45) is 5.73 Å². The molecule has 6 heteroatoms. The van der Waals surface area contributed by atoms with E-state index in [9.17, 15) is 5.11 Å². The Balaban J connectivity index is 1.66. The van der Waals surface area contributed by atoms with Crippen molar-refractivity contribution in [2.75, 3.05) is 7.11 Å². The highest BCUT2D eigenvalue weighted by Gasteiger charge is 2.49. The third-order valence-electron chi connectivity index (χ3n) is 6.68. The molecule has 1 unspecified atom stereocenters. The Bertz CT molecular complexity index is 1030. The highest BCUT2D eigenvalue weighted by Crippen LogP contribution is 2.41. The van der Waals surface area contributed by atoms with Crippen molar-refractivity contribution in [2.45, 2.75) is 70.0 Å². The van der Waals surface area contributed by atoms with E-state index in [1.807, 2.05) is 81.4 Å². The maximum Gasteiger partial charge on any atom is 0.164 e. The lowest BCUT2D eigenvalue weighted by molar-refractivity contribution is -0.161. The fourth-order valence-corrected chi connectivity index (χ4v) is 5.05. The van der Waals surface area contributed by atoms with Gasteiger partial charge in [-0.15, -0.1) is 0 Å². The molecule has 3 aromatic carbocycles. The molecule has 192 valence electrons. The quantitative estimate of drug-likeness (QED) is 0.430. The normalized spacial score (nSPS) is 21.8. The molecule has 1 aliphatic heterocycles. The molecule has 3 N–H and O–H groups in total. The fourth-order valence-electron chi connectivity index (χ4n) is 5.05. The summed E-state index contributed by atoms with van der Waals surface area (Å²) in [6.45, 7) is 6.98. The largest absolute Gasteiger partial charge is 0.497 e. The van der Waals surface area contributed by atoms with Crippen molar-refractivity contribution in [3.05, 3.63) is 102 Å². The van der Waals surface area contributed by atoms with E-state index >= 15 is 0 Å². The van der Waals surface area contributed by atoms with Gasteiger partial charge in [0.1, 0.15) is 24.1 Å². The number of nitrogens with two attached hydrogens (primary N) is 1. The fraction of sp³-hybridized carbons (Fsp3) is 0.400. The predicted molar refractivity (Wildman–Crippen MR) is 141 cm³/mol. The molecule has 1 fully saturated rings. The first-order chi connectivity index (χ1) is 17.3. The zero-order chi connectivity index (χ0) is 25.7. The summed E-state index contributed by atoms with van der Waals surface area (Å²) in [5.41, 5.74) is 9.82. The number of methoxy groups -OCH3 is 1. The number of hydrogen-bond donors (Lipinski definition) is 2. The van der Waals surface area contributed by atoms with Crippen molar-refractivity contribution in [1.82, 2.24) is 4.90 Å². The van der Waals surface area contributed by atoms with Crippen LogP contribution in [-0.4, -0.2) is 47.2 Å². The summed E-state index contributed by atoms with van der Waals surface area (Å²) in [4.78, 5) is 2.25. The number of aliphatic hydroxyl groups excluding tert-OH is 1. The van der Waals surface area contributed by atoms with Crippen LogP contribution in [0, 0.1) is 0 Å². The van der Waals surface area contributed by atoms with Gasteiger partial charge < -0.3 is 25.1 Å². The molecule has 0 amide bonds. The number of rotatable bonds is 10. The van der Waals surface area contributed by atoms with Gasteiger partial charge >= 0.3 is 0 Å². The maximum absolute atomic E-state index is 11.9. The van der Waals surface area contributed by atoms with Crippen LogP contribution in [0.5, 0.6) is 5.75 Å². The molecule has 0 bridgehead atoms. The molecule has 4 rings (SSSR count). The van der Waals surface area contributed by atoms with E-state index in [0.29, 0.717) is 13.1 Å². The van der Waals surface area contributed by atoms with Gasteiger partial charge in [0.15, 0.2) is 5.79 Å². The number of benzene rings is 3. The first-order valence-corrected chi connectivity index (χ1v) is 12.5. The van der Waals surface area contributed by atoms with Crippen LogP contribution in [0.4, 0.5) is 0 Å². The van der Waals surface area contributed by atoms with Crippen molar-refractivity contribution in [3.63, 3.8) is 0 Å². The van der Waals surface area contributed by atoms with E-state index in [0.717, 1.165) is 22.4 Å². The average molecular weight is 491 g/mol. The zero-order valence-corrected chi connectivity index (χ0v) is 21.6. The summed E-state index contributed by atoms with van der Waals surface area (Å²) in [7, 11) is 1.64. The lowest BCUT2D eigenvalue weighted by atomic mass is 9.91. The summed E-state index contributed by atoms with van der Waals surface area (Å²) >= 11 is 0. The van der Waals surface area contributed by atoms with Crippen LogP contribution in [0.25, 0.3) is 0 Å². The van der Waals surface area contributed by atoms with Gasteiger partial charge in [-0.1, -0.05) is 72.8 Å². The molecule has 1 aliphatic rings. The molecule has 0 spiro atoms. The Morgan fingerprint density at radius 1 is 0.889 bits per heavy atom. The summed E-state index contributed by atoms with van der Waals surface area (Å²) in [5, 5.41) is 11.9. The Hall–Kier alpha value is -2.74. The Morgan fingerprint density at radius 2 is 1.42 bits per heavy atom. The van der Waals surface area contributed by atoms with Gasteiger partial charge in [0.25, 0.3) is 0 Å².